The van der Waals surface area contributed by atoms with Gasteiger partial charge in [0.05, 0.1) is 6.61 Å². The number of aryl methyl sites for hydroxylation is 1. The van der Waals surface area contributed by atoms with Crippen molar-refractivity contribution in [3.63, 3.8) is 0 Å². The van der Waals surface area contributed by atoms with E-state index in [0.29, 0.717) is 19.5 Å². The van der Waals surface area contributed by atoms with Crippen LogP contribution >= 0.6 is 0 Å². The summed E-state index contributed by atoms with van der Waals surface area (Å²) in [6.07, 6.45) is 2.15. The molecule has 1 aromatic heterocycles. The highest BCUT2D eigenvalue weighted by atomic mass is 32.2. The first-order valence-electron chi connectivity index (χ1n) is 7.84. The molecule has 0 amide bonds. The molecule has 0 spiro atoms. The average molecular weight is 348 g/mol. The molecular weight excluding hydrogens is 328 g/mol. The van der Waals surface area contributed by atoms with Crippen molar-refractivity contribution in [1.82, 2.24) is 8.87 Å². The second-order valence-electron chi connectivity index (χ2n) is 5.75. The van der Waals surface area contributed by atoms with Gasteiger partial charge in [0.2, 0.25) is 10.0 Å². The third-order valence-corrected chi connectivity index (χ3v) is 6.01. The SMILES string of the molecule is CCOC(=O)c1cc(S(=O)(=O)N2CCc3ccccc3C2)cn1C. The van der Waals surface area contributed by atoms with E-state index in [4.69, 9.17) is 4.74 Å². The van der Waals surface area contributed by atoms with Crippen LogP contribution in [0.5, 0.6) is 0 Å². The number of nitrogens with zero attached hydrogens (tertiary/aromatic N) is 2. The molecule has 0 radical (unpaired) electrons. The van der Waals surface area contributed by atoms with E-state index in [9.17, 15) is 13.2 Å². The summed E-state index contributed by atoms with van der Waals surface area (Å²) in [6.45, 7) is 2.74. The molecule has 0 bridgehead atoms. The Balaban J connectivity index is 1.89. The third kappa shape index (κ3) is 2.97. The average Bonchev–Trinajstić information content (AvgIpc) is 2.97. The lowest BCUT2D eigenvalue weighted by Gasteiger charge is -2.27. The second-order valence-corrected chi connectivity index (χ2v) is 7.69. The Morgan fingerprint density at radius 2 is 1.96 bits per heavy atom. The molecule has 0 atom stereocenters. The Kier molecular flexibility index (Phi) is 4.47. The predicted octanol–water partition coefficient (Wildman–Crippen LogP) is 1.95. The first-order valence-corrected chi connectivity index (χ1v) is 9.28. The van der Waals surface area contributed by atoms with Crippen molar-refractivity contribution in [1.29, 1.82) is 0 Å². The molecule has 24 heavy (non-hydrogen) atoms. The van der Waals surface area contributed by atoms with Crippen molar-refractivity contribution in [3.8, 4) is 0 Å². The van der Waals surface area contributed by atoms with E-state index in [2.05, 4.69) is 0 Å². The number of carbonyl (C=O) groups is 1. The summed E-state index contributed by atoms with van der Waals surface area (Å²) in [6, 6.07) is 9.24. The van der Waals surface area contributed by atoms with Gasteiger partial charge in [0, 0.05) is 26.3 Å². The summed E-state index contributed by atoms with van der Waals surface area (Å²) in [7, 11) is -2.01. The van der Waals surface area contributed by atoms with Crippen molar-refractivity contribution in [2.24, 2.45) is 7.05 Å². The predicted molar refractivity (Wildman–Crippen MR) is 89.1 cm³/mol. The van der Waals surface area contributed by atoms with Gasteiger partial charge in [-0.1, -0.05) is 24.3 Å². The Labute approximate surface area is 141 Å². The summed E-state index contributed by atoms with van der Waals surface area (Å²) in [4.78, 5) is 12.0. The minimum atomic E-state index is -3.65. The topological polar surface area (TPSA) is 68.6 Å². The van der Waals surface area contributed by atoms with Gasteiger partial charge in [0.1, 0.15) is 10.6 Å². The standard InChI is InChI=1S/C17H20N2O4S/c1-3-23-17(20)16-10-15(12-18(16)2)24(21,22)19-9-8-13-6-4-5-7-14(13)11-19/h4-7,10,12H,3,8-9,11H2,1-2H3. The Bertz CT molecular complexity index is 870. The molecule has 7 heteroatoms. The maximum atomic E-state index is 12.9. The van der Waals surface area contributed by atoms with Gasteiger partial charge in [-0.25, -0.2) is 13.2 Å². The number of aromatic nitrogens is 1. The number of sulfonamides is 1. The van der Waals surface area contributed by atoms with Crippen LogP contribution in [-0.2, 0) is 34.8 Å². The van der Waals surface area contributed by atoms with Gasteiger partial charge in [-0.3, -0.25) is 0 Å². The lowest BCUT2D eigenvalue weighted by Crippen LogP contribution is -2.35. The van der Waals surface area contributed by atoms with Crippen molar-refractivity contribution in [2.45, 2.75) is 24.8 Å². The number of fused-ring (bicyclic) bond motifs is 1. The number of carbonyl (C=O) groups excluding carboxylic acids is 1. The normalized spacial score (nSPS) is 15.1. The van der Waals surface area contributed by atoms with Crippen LogP contribution < -0.4 is 0 Å². The van der Waals surface area contributed by atoms with Crippen LogP contribution in [0.4, 0.5) is 0 Å². The maximum absolute atomic E-state index is 12.9. The molecule has 0 N–H and O–H groups in total. The second kappa shape index (κ2) is 6.41. The number of rotatable bonds is 4. The van der Waals surface area contributed by atoms with E-state index in [-0.39, 0.29) is 17.2 Å². The minimum absolute atomic E-state index is 0.118. The molecule has 3 rings (SSSR count). The molecule has 0 saturated carbocycles. The molecule has 2 heterocycles. The van der Waals surface area contributed by atoms with E-state index < -0.39 is 16.0 Å². The Morgan fingerprint density at radius 1 is 1.25 bits per heavy atom. The summed E-state index contributed by atoms with van der Waals surface area (Å²) < 4.78 is 33.7. The number of benzene rings is 1. The molecule has 0 fully saturated rings. The highest BCUT2D eigenvalue weighted by Gasteiger charge is 2.30. The summed E-state index contributed by atoms with van der Waals surface area (Å²) in [5, 5.41) is 0. The van der Waals surface area contributed by atoms with Gasteiger partial charge in [0.15, 0.2) is 0 Å². The fraction of sp³-hybridized carbons (Fsp3) is 0.353. The first-order chi connectivity index (χ1) is 11.4. The van der Waals surface area contributed by atoms with Gasteiger partial charge >= 0.3 is 5.97 Å². The number of hydrogen-bond donors (Lipinski definition) is 0. The zero-order valence-electron chi connectivity index (χ0n) is 13.7. The van der Waals surface area contributed by atoms with Crippen LogP contribution in [0, 0.1) is 0 Å². The molecule has 0 saturated heterocycles. The van der Waals surface area contributed by atoms with Crippen LogP contribution in [0.25, 0.3) is 0 Å². The van der Waals surface area contributed by atoms with E-state index in [0.717, 1.165) is 5.56 Å². The maximum Gasteiger partial charge on any atom is 0.354 e. The molecule has 2 aromatic rings. The number of hydrogen-bond acceptors (Lipinski definition) is 4. The van der Waals surface area contributed by atoms with Crippen molar-refractivity contribution in [3.05, 3.63) is 53.3 Å². The molecule has 1 aliphatic heterocycles. The number of esters is 1. The van der Waals surface area contributed by atoms with E-state index in [1.54, 1.807) is 14.0 Å². The molecule has 1 aliphatic rings. The Morgan fingerprint density at radius 3 is 2.67 bits per heavy atom. The fourth-order valence-corrected chi connectivity index (χ4v) is 4.40. The van der Waals surface area contributed by atoms with Crippen molar-refractivity contribution < 1.29 is 17.9 Å². The number of ether oxygens (including phenoxy) is 1. The fourth-order valence-electron chi connectivity index (χ4n) is 2.91. The molecular formula is C17H20N2O4S. The molecule has 0 aliphatic carbocycles. The van der Waals surface area contributed by atoms with E-state index >= 15 is 0 Å². The van der Waals surface area contributed by atoms with E-state index in [1.807, 2.05) is 24.3 Å². The van der Waals surface area contributed by atoms with Gasteiger partial charge in [-0.05, 0) is 30.5 Å². The summed E-state index contributed by atoms with van der Waals surface area (Å²) >= 11 is 0. The van der Waals surface area contributed by atoms with Gasteiger partial charge < -0.3 is 9.30 Å². The smallest absolute Gasteiger partial charge is 0.354 e. The Hall–Kier alpha value is -2.12. The molecule has 1 aromatic carbocycles. The van der Waals surface area contributed by atoms with Crippen LogP contribution in [0.1, 0.15) is 28.5 Å². The quantitative estimate of drug-likeness (QED) is 0.792. The van der Waals surface area contributed by atoms with Crippen LogP contribution in [0.15, 0.2) is 41.4 Å². The van der Waals surface area contributed by atoms with Crippen LogP contribution in [-0.4, -0.2) is 36.4 Å². The van der Waals surface area contributed by atoms with Gasteiger partial charge in [0.25, 0.3) is 0 Å². The van der Waals surface area contributed by atoms with Crippen molar-refractivity contribution >= 4 is 16.0 Å². The summed E-state index contributed by atoms with van der Waals surface area (Å²) in [5.41, 5.74) is 2.44. The van der Waals surface area contributed by atoms with Crippen LogP contribution in [0.3, 0.4) is 0 Å². The van der Waals surface area contributed by atoms with Gasteiger partial charge in [-0.15, -0.1) is 0 Å². The third-order valence-electron chi connectivity index (χ3n) is 4.20. The van der Waals surface area contributed by atoms with E-state index in [1.165, 1.54) is 26.7 Å². The monoisotopic (exact) mass is 348 g/mol. The minimum Gasteiger partial charge on any atom is -0.461 e. The van der Waals surface area contributed by atoms with Crippen molar-refractivity contribution in [2.75, 3.05) is 13.2 Å². The first kappa shape index (κ1) is 16.7. The summed E-state index contributed by atoms with van der Waals surface area (Å²) in [5.74, 6) is -0.523. The molecule has 6 nitrogen and oxygen atoms in total. The van der Waals surface area contributed by atoms with Gasteiger partial charge in [-0.2, -0.15) is 4.31 Å². The highest BCUT2D eigenvalue weighted by molar-refractivity contribution is 7.89. The molecule has 128 valence electrons. The van der Waals surface area contributed by atoms with Crippen LogP contribution in [0.2, 0.25) is 0 Å². The molecule has 0 unspecified atom stereocenters. The zero-order valence-corrected chi connectivity index (χ0v) is 14.5. The lowest BCUT2D eigenvalue weighted by atomic mass is 10.0. The lowest BCUT2D eigenvalue weighted by molar-refractivity contribution is 0.0515. The largest absolute Gasteiger partial charge is 0.461 e. The zero-order chi connectivity index (χ0) is 17.3. The highest BCUT2D eigenvalue weighted by Crippen LogP contribution is 2.26.